The number of nitrogens with zero attached hydrogens (tertiary/aromatic N) is 4. The first-order valence-corrected chi connectivity index (χ1v) is 9.29. The van der Waals surface area contributed by atoms with Gasteiger partial charge in [-0.05, 0) is 63.1 Å². The summed E-state index contributed by atoms with van der Waals surface area (Å²) in [4.78, 5) is 15.8. The van der Waals surface area contributed by atoms with Gasteiger partial charge in [-0.3, -0.25) is 19.9 Å². The van der Waals surface area contributed by atoms with E-state index in [4.69, 9.17) is 0 Å². The van der Waals surface area contributed by atoms with Gasteiger partial charge in [-0.15, -0.1) is 0 Å². The van der Waals surface area contributed by atoms with E-state index in [1.807, 2.05) is 13.8 Å². The second-order valence-corrected chi connectivity index (χ2v) is 7.24. The second kappa shape index (κ2) is 7.38. The van der Waals surface area contributed by atoms with Crippen LogP contribution >= 0.6 is 0 Å². The van der Waals surface area contributed by atoms with Gasteiger partial charge in [-0.2, -0.15) is 0 Å². The fourth-order valence-corrected chi connectivity index (χ4v) is 3.84. The minimum absolute atomic E-state index is 0.477. The Bertz CT molecular complexity index is 888. The summed E-state index contributed by atoms with van der Waals surface area (Å²) < 4.78 is 0. The number of hydrogen-bond acceptors (Lipinski definition) is 5. The van der Waals surface area contributed by atoms with Crippen molar-refractivity contribution in [2.45, 2.75) is 39.3 Å². The van der Waals surface area contributed by atoms with Crippen molar-refractivity contribution in [1.82, 2.24) is 19.9 Å². The van der Waals surface area contributed by atoms with Crippen molar-refractivity contribution in [3.05, 3.63) is 59.7 Å². The number of likely N-dealkylation sites (tertiary alicyclic amines) is 1. The lowest BCUT2D eigenvalue weighted by Gasteiger charge is -2.33. The quantitative estimate of drug-likeness (QED) is 0.779. The van der Waals surface area contributed by atoms with Crippen LogP contribution in [0.4, 0.5) is 5.69 Å². The summed E-state index contributed by atoms with van der Waals surface area (Å²) in [5.41, 5.74) is 6.55. The molecule has 2 aromatic heterocycles. The van der Waals surface area contributed by atoms with Gasteiger partial charge >= 0.3 is 0 Å². The molecule has 1 aliphatic heterocycles. The molecule has 0 bridgehead atoms. The summed E-state index contributed by atoms with van der Waals surface area (Å²) in [6, 6.07) is 11.1. The number of hydrogen-bond donors (Lipinski definition) is 1. The van der Waals surface area contributed by atoms with Gasteiger partial charge in [-0.25, -0.2) is 0 Å². The van der Waals surface area contributed by atoms with Crippen LogP contribution in [-0.4, -0.2) is 39.0 Å². The second-order valence-electron chi connectivity index (χ2n) is 7.24. The first-order valence-electron chi connectivity index (χ1n) is 9.29. The largest absolute Gasteiger partial charge is 0.381 e. The van der Waals surface area contributed by atoms with Crippen molar-refractivity contribution in [2.24, 2.45) is 0 Å². The Balaban J connectivity index is 1.42. The first kappa shape index (κ1) is 16.9. The van der Waals surface area contributed by atoms with Crippen molar-refractivity contribution >= 4 is 16.7 Å². The Hall–Kier alpha value is -2.53. The smallest absolute Gasteiger partial charge is 0.0890 e. The van der Waals surface area contributed by atoms with E-state index < -0.39 is 0 Å². The molecule has 3 heterocycles. The summed E-state index contributed by atoms with van der Waals surface area (Å²) in [7, 11) is 0. The lowest BCUT2D eigenvalue weighted by Crippen LogP contribution is -2.41. The highest BCUT2D eigenvalue weighted by atomic mass is 15.2. The average molecular weight is 347 g/mol. The number of rotatable bonds is 4. The minimum atomic E-state index is 0.477. The molecule has 26 heavy (non-hydrogen) atoms. The number of benzene rings is 1. The van der Waals surface area contributed by atoms with Crippen LogP contribution in [0.2, 0.25) is 0 Å². The number of aromatic nitrogens is 3. The number of fused-ring (bicyclic) bond motifs is 1. The molecule has 1 aromatic carbocycles. The van der Waals surface area contributed by atoms with E-state index in [-0.39, 0.29) is 0 Å². The highest BCUT2D eigenvalue weighted by molar-refractivity contribution is 5.74. The molecule has 0 spiro atoms. The van der Waals surface area contributed by atoms with E-state index in [1.54, 1.807) is 12.4 Å². The van der Waals surface area contributed by atoms with Crippen LogP contribution in [0, 0.1) is 13.8 Å². The zero-order valence-electron chi connectivity index (χ0n) is 15.4. The lowest BCUT2D eigenvalue weighted by molar-refractivity contribution is 0.208. The summed E-state index contributed by atoms with van der Waals surface area (Å²) >= 11 is 0. The summed E-state index contributed by atoms with van der Waals surface area (Å²) in [5, 5.41) is 3.70. The summed E-state index contributed by atoms with van der Waals surface area (Å²) in [5.74, 6) is 0. The monoisotopic (exact) mass is 347 g/mol. The first-order chi connectivity index (χ1) is 12.7. The number of pyridine rings is 1. The maximum absolute atomic E-state index is 4.46. The third kappa shape index (κ3) is 3.99. The maximum Gasteiger partial charge on any atom is 0.0890 e. The summed E-state index contributed by atoms with van der Waals surface area (Å²) in [6.07, 6.45) is 5.92. The van der Waals surface area contributed by atoms with Crippen LogP contribution in [0.5, 0.6) is 0 Å². The van der Waals surface area contributed by atoms with Crippen molar-refractivity contribution in [1.29, 1.82) is 0 Å². The van der Waals surface area contributed by atoms with E-state index in [9.17, 15) is 0 Å². The zero-order chi connectivity index (χ0) is 17.9. The van der Waals surface area contributed by atoms with Gasteiger partial charge in [0, 0.05) is 48.6 Å². The predicted molar refractivity (Wildman–Crippen MR) is 105 cm³/mol. The topological polar surface area (TPSA) is 53.9 Å². The van der Waals surface area contributed by atoms with Crippen molar-refractivity contribution in [3.63, 3.8) is 0 Å². The SMILES string of the molecule is Cc1cc(N[C@H]2CCCN(Cc3ccc4nccnc4c3)C2)cc(C)n1. The zero-order valence-corrected chi connectivity index (χ0v) is 15.4. The van der Waals surface area contributed by atoms with Gasteiger partial charge in [0.2, 0.25) is 0 Å². The van der Waals surface area contributed by atoms with Gasteiger partial charge in [0.05, 0.1) is 11.0 Å². The van der Waals surface area contributed by atoms with Gasteiger partial charge in [0.15, 0.2) is 0 Å². The van der Waals surface area contributed by atoms with Gasteiger partial charge < -0.3 is 5.32 Å². The molecule has 3 aromatic rings. The molecule has 1 fully saturated rings. The van der Waals surface area contributed by atoms with E-state index in [0.717, 1.165) is 42.1 Å². The molecule has 5 heteroatoms. The third-order valence-corrected chi connectivity index (χ3v) is 4.90. The fourth-order valence-electron chi connectivity index (χ4n) is 3.84. The Morgan fingerprint density at radius 2 is 1.81 bits per heavy atom. The van der Waals surface area contributed by atoms with E-state index in [1.165, 1.54) is 24.1 Å². The summed E-state index contributed by atoms with van der Waals surface area (Å²) in [6.45, 7) is 7.26. The number of anilines is 1. The van der Waals surface area contributed by atoms with Crippen LogP contribution in [0.15, 0.2) is 42.7 Å². The van der Waals surface area contributed by atoms with Crippen LogP contribution < -0.4 is 5.32 Å². The van der Waals surface area contributed by atoms with Crippen molar-refractivity contribution < 1.29 is 0 Å². The third-order valence-electron chi connectivity index (χ3n) is 4.90. The van der Waals surface area contributed by atoms with Crippen LogP contribution in [-0.2, 0) is 6.54 Å². The molecule has 1 aliphatic rings. The average Bonchev–Trinajstić information content (AvgIpc) is 2.61. The molecule has 1 atom stereocenters. The molecule has 0 amide bonds. The highest BCUT2D eigenvalue weighted by Crippen LogP contribution is 2.20. The number of aryl methyl sites for hydroxylation is 2. The standard InChI is InChI=1S/C21H25N5/c1-15-10-19(11-16(2)24-15)25-18-4-3-9-26(14-18)13-17-5-6-20-21(12-17)23-8-7-22-20/h5-8,10-12,18H,3-4,9,13-14H2,1-2H3,(H,24,25)/t18-/m0/s1. The van der Waals surface area contributed by atoms with Crippen LogP contribution in [0.25, 0.3) is 11.0 Å². The maximum atomic E-state index is 4.46. The molecule has 1 N–H and O–H groups in total. The van der Waals surface area contributed by atoms with Gasteiger partial charge in [-0.1, -0.05) is 6.07 Å². The Labute approximate surface area is 154 Å². The van der Waals surface area contributed by atoms with E-state index in [2.05, 4.69) is 55.5 Å². The molecule has 0 unspecified atom stereocenters. The Kier molecular flexibility index (Phi) is 4.80. The molecular weight excluding hydrogens is 322 g/mol. The van der Waals surface area contributed by atoms with Crippen LogP contribution in [0.1, 0.15) is 29.8 Å². The molecule has 4 rings (SSSR count). The molecule has 0 radical (unpaired) electrons. The normalized spacial score (nSPS) is 18.2. The van der Waals surface area contributed by atoms with Crippen LogP contribution in [0.3, 0.4) is 0 Å². The Morgan fingerprint density at radius 1 is 1.04 bits per heavy atom. The van der Waals surface area contributed by atoms with E-state index >= 15 is 0 Å². The number of nitrogens with one attached hydrogen (secondary N) is 1. The molecule has 5 nitrogen and oxygen atoms in total. The van der Waals surface area contributed by atoms with Gasteiger partial charge in [0.1, 0.15) is 0 Å². The van der Waals surface area contributed by atoms with Gasteiger partial charge in [0.25, 0.3) is 0 Å². The minimum Gasteiger partial charge on any atom is -0.381 e. The van der Waals surface area contributed by atoms with E-state index in [0.29, 0.717) is 6.04 Å². The van der Waals surface area contributed by atoms with Crippen molar-refractivity contribution in [3.8, 4) is 0 Å². The van der Waals surface area contributed by atoms with Crippen molar-refractivity contribution in [2.75, 3.05) is 18.4 Å². The molecule has 134 valence electrons. The fraction of sp³-hybridized carbons (Fsp3) is 0.381. The Morgan fingerprint density at radius 3 is 2.62 bits per heavy atom. The molecule has 0 aliphatic carbocycles. The molecule has 1 saturated heterocycles. The lowest BCUT2D eigenvalue weighted by atomic mass is 10.0. The molecular formula is C21H25N5. The number of piperidine rings is 1. The molecule has 0 saturated carbocycles. The highest BCUT2D eigenvalue weighted by Gasteiger charge is 2.20. The predicted octanol–water partition coefficient (Wildman–Crippen LogP) is 3.72.